The Kier molecular flexibility index (Phi) is 5.34. The number of hydrogen-bond acceptors (Lipinski definition) is 4. The van der Waals surface area contributed by atoms with Crippen LogP contribution in [0.2, 0.25) is 0 Å². The molecular formula is C15H15NOS2. The molecule has 98 valence electrons. The summed E-state index contributed by atoms with van der Waals surface area (Å²) in [5.74, 6) is 6.81. The smallest absolute Gasteiger partial charge is 0.133 e. The van der Waals surface area contributed by atoms with Crippen LogP contribution in [0.4, 0.5) is 0 Å². The molecule has 0 aliphatic heterocycles. The molecule has 2 rings (SSSR count). The fourth-order valence-corrected chi connectivity index (χ4v) is 2.89. The highest BCUT2D eigenvalue weighted by Crippen LogP contribution is 2.28. The number of para-hydroxylation sites is 1. The van der Waals surface area contributed by atoms with Gasteiger partial charge in [-0.25, -0.2) is 0 Å². The van der Waals surface area contributed by atoms with Gasteiger partial charge in [-0.15, -0.1) is 23.1 Å². The monoisotopic (exact) mass is 289 g/mol. The molecule has 0 fully saturated rings. The van der Waals surface area contributed by atoms with Crippen LogP contribution in [-0.2, 0) is 6.61 Å². The minimum atomic E-state index is 0.394. The third-order valence-electron chi connectivity index (χ3n) is 2.41. The second-order valence-electron chi connectivity index (χ2n) is 3.71. The molecule has 2 N–H and O–H groups in total. The van der Waals surface area contributed by atoms with Crippen molar-refractivity contribution in [3.8, 4) is 17.6 Å². The van der Waals surface area contributed by atoms with Crippen molar-refractivity contribution in [2.24, 2.45) is 5.73 Å². The summed E-state index contributed by atoms with van der Waals surface area (Å²) in [5.41, 5.74) is 5.35. The Morgan fingerprint density at radius 3 is 2.89 bits per heavy atom. The van der Waals surface area contributed by atoms with Crippen molar-refractivity contribution in [1.29, 1.82) is 0 Å². The number of rotatable bonds is 4. The van der Waals surface area contributed by atoms with Crippen molar-refractivity contribution >= 4 is 23.1 Å². The SMILES string of the molecule is CSc1ccccc1OCc1ccc(C#CCN)s1. The lowest BCUT2D eigenvalue weighted by molar-refractivity contribution is 0.302. The fourth-order valence-electron chi connectivity index (χ4n) is 1.55. The van der Waals surface area contributed by atoms with Gasteiger partial charge in [-0.3, -0.25) is 0 Å². The molecule has 1 aromatic heterocycles. The zero-order valence-electron chi connectivity index (χ0n) is 10.7. The molecule has 0 amide bonds. The largest absolute Gasteiger partial charge is 0.487 e. The highest BCUT2D eigenvalue weighted by atomic mass is 32.2. The molecule has 1 heterocycles. The van der Waals surface area contributed by atoms with Crippen molar-refractivity contribution < 1.29 is 4.74 Å². The van der Waals surface area contributed by atoms with Gasteiger partial charge in [0.05, 0.1) is 11.4 Å². The van der Waals surface area contributed by atoms with Crippen LogP contribution in [0.1, 0.15) is 9.75 Å². The Hall–Kier alpha value is -1.41. The van der Waals surface area contributed by atoms with Gasteiger partial charge < -0.3 is 10.5 Å². The van der Waals surface area contributed by atoms with Gasteiger partial charge in [0.25, 0.3) is 0 Å². The van der Waals surface area contributed by atoms with Crippen molar-refractivity contribution in [2.45, 2.75) is 11.5 Å². The first-order valence-corrected chi connectivity index (χ1v) is 7.91. The van der Waals surface area contributed by atoms with Crippen molar-refractivity contribution in [2.75, 3.05) is 12.8 Å². The molecule has 0 bridgehead atoms. The minimum Gasteiger partial charge on any atom is -0.487 e. The van der Waals surface area contributed by atoms with Crippen LogP contribution in [0.3, 0.4) is 0 Å². The van der Waals surface area contributed by atoms with E-state index < -0.39 is 0 Å². The zero-order valence-corrected chi connectivity index (χ0v) is 12.3. The van der Waals surface area contributed by atoms with Crippen LogP contribution in [0.25, 0.3) is 0 Å². The molecule has 0 radical (unpaired) electrons. The summed E-state index contributed by atoms with van der Waals surface area (Å²) >= 11 is 3.33. The van der Waals surface area contributed by atoms with Crippen LogP contribution >= 0.6 is 23.1 Å². The van der Waals surface area contributed by atoms with Gasteiger partial charge >= 0.3 is 0 Å². The average molecular weight is 289 g/mol. The summed E-state index contributed by atoms with van der Waals surface area (Å²) in [6.45, 7) is 0.970. The summed E-state index contributed by atoms with van der Waals surface area (Å²) in [5, 5.41) is 0. The number of nitrogens with two attached hydrogens (primary N) is 1. The van der Waals surface area contributed by atoms with E-state index in [1.807, 2.05) is 36.6 Å². The van der Waals surface area contributed by atoms with E-state index in [1.54, 1.807) is 23.1 Å². The molecule has 0 aliphatic carbocycles. The van der Waals surface area contributed by atoms with E-state index in [0.29, 0.717) is 13.2 Å². The van der Waals surface area contributed by atoms with Crippen molar-refractivity contribution in [3.63, 3.8) is 0 Å². The molecule has 4 heteroatoms. The molecule has 0 spiro atoms. The van der Waals surface area contributed by atoms with Gasteiger partial charge in [0, 0.05) is 9.77 Å². The number of thioether (sulfide) groups is 1. The highest BCUT2D eigenvalue weighted by molar-refractivity contribution is 7.98. The van der Waals surface area contributed by atoms with Crippen LogP contribution in [0, 0.1) is 11.8 Å². The second kappa shape index (κ2) is 7.25. The molecule has 0 aliphatic rings. The van der Waals surface area contributed by atoms with Gasteiger partial charge in [0.2, 0.25) is 0 Å². The summed E-state index contributed by atoms with van der Waals surface area (Å²) in [7, 11) is 0. The molecule has 0 saturated heterocycles. The molecule has 0 unspecified atom stereocenters. The first-order chi connectivity index (χ1) is 9.33. The van der Waals surface area contributed by atoms with Gasteiger partial charge in [0.15, 0.2) is 0 Å². The van der Waals surface area contributed by atoms with E-state index in [2.05, 4.69) is 17.9 Å². The summed E-state index contributed by atoms with van der Waals surface area (Å²) in [6, 6.07) is 12.1. The van der Waals surface area contributed by atoms with Crippen molar-refractivity contribution in [1.82, 2.24) is 0 Å². The molecule has 2 nitrogen and oxygen atoms in total. The molecule has 0 saturated carbocycles. The normalized spacial score (nSPS) is 9.79. The zero-order chi connectivity index (χ0) is 13.5. The molecule has 19 heavy (non-hydrogen) atoms. The Bertz CT molecular complexity index is 595. The van der Waals surface area contributed by atoms with Gasteiger partial charge in [-0.05, 0) is 30.5 Å². The first-order valence-electron chi connectivity index (χ1n) is 5.87. The summed E-state index contributed by atoms with van der Waals surface area (Å²) < 4.78 is 5.85. The number of ether oxygens (including phenoxy) is 1. The number of thiophene rings is 1. The Balaban J connectivity index is 2.00. The lowest BCUT2D eigenvalue weighted by atomic mass is 10.3. The second-order valence-corrected chi connectivity index (χ2v) is 5.73. The molecule has 1 aromatic carbocycles. The molecular weight excluding hydrogens is 274 g/mol. The topological polar surface area (TPSA) is 35.2 Å². The van der Waals surface area contributed by atoms with Gasteiger partial charge in [0.1, 0.15) is 12.4 Å². The van der Waals surface area contributed by atoms with E-state index in [9.17, 15) is 0 Å². The van der Waals surface area contributed by atoms with Crippen molar-refractivity contribution in [3.05, 3.63) is 46.2 Å². The van der Waals surface area contributed by atoms with Gasteiger partial charge in [-0.2, -0.15) is 0 Å². The maximum absolute atomic E-state index is 5.85. The lowest BCUT2D eigenvalue weighted by Crippen LogP contribution is -1.93. The molecule has 0 atom stereocenters. The number of benzene rings is 1. The predicted molar refractivity (Wildman–Crippen MR) is 82.8 cm³/mol. The lowest BCUT2D eigenvalue weighted by Gasteiger charge is -2.08. The van der Waals surface area contributed by atoms with Crippen LogP contribution in [0.5, 0.6) is 5.75 Å². The third-order valence-corrected chi connectivity index (χ3v) is 4.17. The molecule has 2 aromatic rings. The Morgan fingerprint density at radius 1 is 1.26 bits per heavy atom. The van der Waals surface area contributed by atoms with Crippen LogP contribution in [0.15, 0.2) is 41.3 Å². The van der Waals surface area contributed by atoms with Crippen LogP contribution in [-0.4, -0.2) is 12.8 Å². The highest BCUT2D eigenvalue weighted by Gasteiger charge is 2.03. The van der Waals surface area contributed by atoms with E-state index in [1.165, 1.54) is 0 Å². The maximum atomic E-state index is 5.85. The Morgan fingerprint density at radius 2 is 2.11 bits per heavy atom. The summed E-state index contributed by atoms with van der Waals surface area (Å²) in [6.07, 6.45) is 2.05. The Labute approximate surface area is 122 Å². The van der Waals surface area contributed by atoms with Gasteiger partial charge in [-0.1, -0.05) is 24.0 Å². The van der Waals surface area contributed by atoms with Crippen LogP contribution < -0.4 is 10.5 Å². The third kappa shape index (κ3) is 4.03. The first kappa shape index (κ1) is 14.0. The quantitative estimate of drug-likeness (QED) is 0.692. The number of hydrogen-bond donors (Lipinski definition) is 1. The predicted octanol–water partition coefficient (Wildman–Crippen LogP) is 3.36. The maximum Gasteiger partial charge on any atom is 0.133 e. The van der Waals surface area contributed by atoms with E-state index in [-0.39, 0.29) is 0 Å². The van der Waals surface area contributed by atoms with E-state index in [4.69, 9.17) is 10.5 Å². The minimum absolute atomic E-state index is 0.394. The van der Waals surface area contributed by atoms with E-state index >= 15 is 0 Å². The average Bonchev–Trinajstić information content (AvgIpc) is 2.91. The summed E-state index contributed by atoms with van der Waals surface area (Å²) in [4.78, 5) is 3.35. The standard InChI is InChI=1S/C15H15NOS2/c1-18-15-7-3-2-6-14(15)17-11-13-9-8-12(19-13)5-4-10-16/h2-3,6-9H,10-11,16H2,1H3. The van der Waals surface area contributed by atoms with E-state index in [0.717, 1.165) is 20.4 Å². The fraction of sp³-hybridized carbons (Fsp3) is 0.200.